The van der Waals surface area contributed by atoms with E-state index in [9.17, 15) is 15.0 Å². The van der Waals surface area contributed by atoms with Gasteiger partial charge in [-0.1, -0.05) is 24.3 Å². The molecule has 0 aliphatic heterocycles. The van der Waals surface area contributed by atoms with Gasteiger partial charge >= 0.3 is 0 Å². The van der Waals surface area contributed by atoms with Crippen LogP contribution in [0, 0.1) is 0 Å². The molecule has 2 unspecified atom stereocenters. The third kappa shape index (κ3) is 2.47. The van der Waals surface area contributed by atoms with Crippen LogP contribution >= 0.6 is 0 Å². The molecule has 1 aromatic heterocycles. The quantitative estimate of drug-likeness (QED) is 0.732. The fourth-order valence-corrected chi connectivity index (χ4v) is 1.88. The Morgan fingerprint density at radius 3 is 2.72 bits per heavy atom. The van der Waals surface area contributed by atoms with E-state index < -0.39 is 18.1 Å². The van der Waals surface area contributed by atoms with Crippen LogP contribution in [0.1, 0.15) is 18.2 Å². The summed E-state index contributed by atoms with van der Waals surface area (Å²) in [6, 6.07) is 9.19. The Labute approximate surface area is 104 Å². The van der Waals surface area contributed by atoms with Crippen LogP contribution in [0.4, 0.5) is 0 Å². The first-order chi connectivity index (χ1) is 8.59. The first-order valence-corrected chi connectivity index (χ1v) is 5.57. The van der Waals surface area contributed by atoms with Crippen molar-refractivity contribution in [3.8, 4) is 0 Å². The van der Waals surface area contributed by atoms with Crippen molar-refractivity contribution in [3.63, 3.8) is 0 Å². The zero-order valence-corrected chi connectivity index (χ0v) is 9.65. The molecule has 5 heteroatoms. The monoisotopic (exact) mass is 246 g/mol. The maximum atomic E-state index is 10.7. The largest absolute Gasteiger partial charge is 0.389 e. The molecule has 2 atom stereocenters. The molecule has 0 saturated carbocycles. The number of hydrogen-bond donors (Lipinski definition) is 3. The van der Waals surface area contributed by atoms with Crippen LogP contribution in [0.25, 0.3) is 10.8 Å². The molecule has 0 aliphatic carbocycles. The Hall–Kier alpha value is -1.98. The van der Waals surface area contributed by atoms with Gasteiger partial charge in [-0.2, -0.15) is 0 Å². The van der Waals surface area contributed by atoms with E-state index in [0.717, 1.165) is 10.8 Å². The summed E-state index contributed by atoms with van der Waals surface area (Å²) >= 11 is 0. The average molecular weight is 246 g/mol. The van der Waals surface area contributed by atoms with Gasteiger partial charge in [-0.3, -0.25) is 9.78 Å². The third-order valence-corrected chi connectivity index (χ3v) is 2.76. The summed E-state index contributed by atoms with van der Waals surface area (Å²) in [7, 11) is 0. The first-order valence-electron chi connectivity index (χ1n) is 5.57. The Bertz CT molecular complexity index is 566. The van der Waals surface area contributed by atoms with E-state index in [1.165, 1.54) is 0 Å². The Kier molecular flexibility index (Phi) is 3.55. The van der Waals surface area contributed by atoms with Gasteiger partial charge in [-0.25, -0.2) is 0 Å². The SMILES string of the molecule is NC(=O)CC(O)C(O)c1nccc2ccccc12. The van der Waals surface area contributed by atoms with E-state index in [0.29, 0.717) is 5.69 Å². The Morgan fingerprint density at radius 1 is 1.28 bits per heavy atom. The predicted molar refractivity (Wildman–Crippen MR) is 66.5 cm³/mol. The lowest BCUT2D eigenvalue weighted by molar-refractivity contribution is -0.121. The summed E-state index contributed by atoms with van der Waals surface area (Å²) in [6.45, 7) is 0. The maximum Gasteiger partial charge on any atom is 0.220 e. The van der Waals surface area contributed by atoms with Crippen LogP contribution in [-0.4, -0.2) is 27.2 Å². The molecule has 4 N–H and O–H groups in total. The summed E-state index contributed by atoms with van der Waals surface area (Å²) in [5.41, 5.74) is 5.34. The van der Waals surface area contributed by atoms with E-state index in [2.05, 4.69) is 4.98 Å². The zero-order chi connectivity index (χ0) is 13.1. The number of carbonyl (C=O) groups excluding carboxylic acids is 1. The highest BCUT2D eigenvalue weighted by Gasteiger charge is 2.23. The fraction of sp³-hybridized carbons (Fsp3) is 0.231. The number of primary amides is 1. The van der Waals surface area contributed by atoms with Crippen molar-refractivity contribution in [2.45, 2.75) is 18.6 Å². The minimum Gasteiger partial charge on any atom is -0.389 e. The molecule has 0 fully saturated rings. The number of rotatable bonds is 4. The second-order valence-corrected chi connectivity index (χ2v) is 4.10. The molecule has 1 heterocycles. The number of nitrogens with two attached hydrogens (primary N) is 1. The topological polar surface area (TPSA) is 96.4 Å². The molecule has 0 bridgehead atoms. The van der Waals surface area contributed by atoms with Crippen LogP contribution in [-0.2, 0) is 4.79 Å². The van der Waals surface area contributed by atoms with Crippen molar-refractivity contribution in [2.75, 3.05) is 0 Å². The molecule has 0 saturated heterocycles. The average Bonchev–Trinajstić information content (AvgIpc) is 2.36. The van der Waals surface area contributed by atoms with Gasteiger partial charge in [0.15, 0.2) is 0 Å². The molecule has 18 heavy (non-hydrogen) atoms. The molecule has 0 spiro atoms. The van der Waals surface area contributed by atoms with Crippen molar-refractivity contribution < 1.29 is 15.0 Å². The van der Waals surface area contributed by atoms with Crippen molar-refractivity contribution in [1.29, 1.82) is 0 Å². The number of fused-ring (bicyclic) bond motifs is 1. The molecule has 0 aliphatic rings. The highest BCUT2D eigenvalue weighted by molar-refractivity contribution is 5.84. The molecule has 1 amide bonds. The molecule has 1 aromatic carbocycles. The van der Waals surface area contributed by atoms with Crippen molar-refractivity contribution in [3.05, 3.63) is 42.2 Å². The van der Waals surface area contributed by atoms with Crippen LogP contribution in [0.3, 0.4) is 0 Å². The maximum absolute atomic E-state index is 10.7. The molecule has 94 valence electrons. The Morgan fingerprint density at radius 2 is 2.00 bits per heavy atom. The van der Waals surface area contributed by atoms with E-state index in [-0.39, 0.29) is 6.42 Å². The number of carbonyl (C=O) groups is 1. The second-order valence-electron chi connectivity index (χ2n) is 4.10. The molecular weight excluding hydrogens is 232 g/mol. The van der Waals surface area contributed by atoms with Crippen LogP contribution in [0.15, 0.2) is 36.5 Å². The van der Waals surface area contributed by atoms with E-state index >= 15 is 0 Å². The number of hydrogen-bond acceptors (Lipinski definition) is 4. The minimum absolute atomic E-state index is 0.300. The standard InChI is InChI=1S/C13H14N2O3/c14-11(17)7-10(16)13(18)12-9-4-2-1-3-8(9)5-6-15-12/h1-6,10,13,16,18H,7H2,(H2,14,17). The Balaban J connectivity index is 2.38. The summed E-state index contributed by atoms with van der Waals surface area (Å²) in [5, 5.41) is 21.4. The van der Waals surface area contributed by atoms with E-state index in [4.69, 9.17) is 5.73 Å². The summed E-state index contributed by atoms with van der Waals surface area (Å²) < 4.78 is 0. The normalized spacial score (nSPS) is 14.3. The van der Waals surface area contributed by atoms with Crippen LogP contribution in [0.5, 0.6) is 0 Å². The van der Waals surface area contributed by atoms with Crippen molar-refractivity contribution in [2.24, 2.45) is 5.73 Å². The van der Waals surface area contributed by atoms with Crippen molar-refractivity contribution >= 4 is 16.7 Å². The highest BCUT2D eigenvalue weighted by atomic mass is 16.3. The predicted octanol–water partition coefficient (Wildman–Crippen LogP) is 0.504. The number of nitrogens with zero attached hydrogens (tertiary/aromatic N) is 1. The number of aliphatic hydroxyl groups excluding tert-OH is 2. The smallest absolute Gasteiger partial charge is 0.220 e. The lowest BCUT2D eigenvalue weighted by atomic mass is 10.0. The first kappa shape index (κ1) is 12.5. The van der Waals surface area contributed by atoms with Gasteiger partial charge in [0, 0.05) is 11.6 Å². The molecule has 5 nitrogen and oxygen atoms in total. The minimum atomic E-state index is -1.25. The lowest BCUT2D eigenvalue weighted by Crippen LogP contribution is -2.26. The van der Waals surface area contributed by atoms with Gasteiger partial charge in [0.1, 0.15) is 6.10 Å². The number of aromatic nitrogens is 1. The molecule has 0 radical (unpaired) electrons. The summed E-state index contributed by atoms with van der Waals surface area (Å²) in [4.78, 5) is 14.8. The highest BCUT2D eigenvalue weighted by Crippen LogP contribution is 2.25. The van der Waals surface area contributed by atoms with E-state index in [1.54, 1.807) is 12.3 Å². The van der Waals surface area contributed by atoms with Crippen LogP contribution < -0.4 is 5.73 Å². The number of benzene rings is 1. The number of aliphatic hydroxyl groups is 2. The van der Waals surface area contributed by atoms with Crippen LogP contribution in [0.2, 0.25) is 0 Å². The number of amides is 1. The molecule has 2 rings (SSSR count). The molecule has 2 aromatic rings. The van der Waals surface area contributed by atoms with Gasteiger partial charge in [0.2, 0.25) is 5.91 Å². The van der Waals surface area contributed by atoms with Gasteiger partial charge < -0.3 is 15.9 Å². The van der Waals surface area contributed by atoms with Gasteiger partial charge in [0.05, 0.1) is 18.2 Å². The number of pyridine rings is 1. The lowest BCUT2D eigenvalue weighted by Gasteiger charge is -2.17. The fourth-order valence-electron chi connectivity index (χ4n) is 1.88. The molecular formula is C13H14N2O3. The van der Waals surface area contributed by atoms with Gasteiger partial charge in [-0.05, 0) is 11.5 Å². The van der Waals surface area contributed by atoms with E-state index in [1.807, 2.05) is 24.3 Å². The third-order valence-electron chi connectivity index (χ3n) is 2.76. The van der Waals surface area contributed by atoms with Gasteiger partial charge in [-0.15, -0.1) is 0 Å². The zero-order valence-electron chi connectivity index (χ0n) is 9.65. The van der Waals surface area contributed by atoms with Gasteiger partial charge in [0.25, 0.3) is 0 Å². The summed E-state index contributed by atoms with van der Waals surface area (Å²) in [5.74, 6) is -0.665. The second kappa shape index (κ2) is 5.12. The summed E-state index contributed by atoms with van der Waals surface area (Å²) in [6.07, 6.45) is -1.23. The van der Waals surface area contributed by atoms with Crippen molar-refractivity contribution in [1.82, 2.24) is 4.98 Å².